The first kappa shape index (κ1) is 10.8. The summed E-state index contributed by atoms with van der Waals surface area (Å²) in [7, 11) is 0. The number of hydrogen-bond donors (Lipinski definition) is 1. The summed E-state index contributed by atoms with van der Waals surface area (Å²) in [5.74, 6) is -1.04. The Bertz CT molecular complexity index is 400. The van der Waals surface area contributed by atoms with E-state index < -0.39 is 11.9 Å². The number of hydrogen-bond acceptors (Lipinski definition) is 1. The second kappa shape index (κ2) is 4.03. The number of carbonyl (C=O) groups is 1. The van der Waals surface area contributed by atoms with E-state index in [1.165, 1.54) is 0 Å². The van der Waals surface area contributed by atoms with Crippen molar-refractivity contribution in [1.29, 1.82) is 0 Å². The molecule has 0 bridgehead atoms. The van der Waals surface area contributed by atoms with Crippen LogP contribution in [0.5, 0.6) is 0 Å². The van der Waals surface area contributed by atoms with E-state index in [9.17, 15) is 4.79 Å². The second-order valence-electron chi connectivity index (χ2n) is 3.82. The molecule has 1 fully saturated rings. The van der Waals surface area contributed by atoms with Crippen molar-refractivity contribution in [3.63, 3.8) is 0 Å². The van der Waals surface area contributed by atoms with E-state index in [1.807, 2.05) is 0 Å². The molecule has 0 amide bonds. The molecule has 0 heterocycles. The molecule has 0 spiro atoms. The first-order valence-electron chi connectivity index (χ1n) is 4.77. The molecule has 1 unspecified atom stereocenters. The van der Waals surface area contributed by atoms with Gasteiger partial charge in [0.05, 0.1) is 5.92 Å². The highest BCUT2D eigenvalue weighted by Gasteiger charge is 2.38. The topological polar surface area (TPSA) is 37.3 Å². The largest absolute Gasteiger partial charge is 0.481 e. The number of benzene rings is 1. The zero-order valence-electron chi connectivity index (χ0n) is 7.91. The van der Waals surface area contributed by atoms with Crippen molar-refractivity contribution in [3.8, 4) is 0 Å². The average Bonchev–Trinajstić information content (AvgIpc) is 2.92. The highest BCUT2D eigenvalue weighted by molar-refractivity contribution is 6.35. The molecular weight excluding hydrogens is 235 g/mol. The van der Waals surface area contributed by atoms with Crippen molar-refractivity contribution < 1.29 is 9.90 Å². The lowest BCUT2D eigenvalue weighted by atomic mass is 9.94. The van der Waals surface area contributed by atoms with E-state index in [4.69, 9.17) is 28.3 Å². The third kappa shape index (κ3) is 2.27. The standard InChI is InChI=1S/C11H10Cl2O2/c12-7-3-4-8(9(13)5-7)10(11(14)15)6-1-2-6/h3-6,10H,1-2H2,(H,14,15). The van der Waals surface area contributed by atoms with Crippen molar-refractivity contribution in [1.82, 2.24) is 0 Å². The Balaban J connectivity index is 2.37. The molecule has 0 aliphatic heterocycles. The normalized spacial score (nSPS) is 17.5. The summed E-state index contributed by atoms with van der Waals surface area (Å²) in [5.41, 5.74) is 0.677. The minimum Gasteiger partial charge on any atom is -0.481 e. The summed E-state index contributed by atoms with van der Waals surface area (Å²) in [6.07, 6.45) is 1.94. The molecule has 2 nitrogen and oxygen atoms in total. The van der Waals surface area contributed by atoms with Crippen molar-refractivity contribution in [2.75, 3.05) is 0 Å². The van der Waals surface area contributed by atoms with Crippen molar-refractivity contribution in [2.24, 2.45) is 5.92 Å². The van der Waals surface area contributed by atoms with Crippen LogP contribution in [0.15, 0.2) is 18.2 Å². The molecule has 1 aromatic carbocycles. The Morgan fingerprint density at radius 3 is 2.53 bits per heavy atom. The molecule has 1 N–H and O–H groups in total. The summed E-state index contributed by atoms with van der Waals surface area (Å²) in [4.78, 5) is 11.1. The van der Waals surface area contributed by atoms with E-state index in [2.05, 4.69) is 0 Å². The van der Waals surface area contributed by atoms with Gasteiger partial charge in [0, 0.05) is 10.0 Å². The number of carboxylic acids is 1. The van der Waals surface area contributed by atoms with Crippen LogP contribution in [-0.4, -0.2) is 11.1 Å². The van der Waals surface area contributed by atoms with Gasteiger partial charge < -0.3 is 5.11 Å². The SMILES string of the molecule is O=C(O)C(c1ccc(Cl)cc1Cl)C1CC1. The lowest BCUT2D eigenvalue weighted by Crippen LogP contribution is -2.14. The maximum absolute atomic E-state index is 11.1. The third-order valence-corrected chi connectivity index (χ3v) is 3.22. The molecular formula is C11H10Cl2O2. The van der Waals surface area contributed by atoms with Crippen molar-refractivity contribution in [2.45, 2.75) is 18.8 Å². The van der Waals surface area contributed by atoms with Gasteiger partial charge in [-0.3, -0.25) is 4.79 Å². The highest BCUT2D eigenvalue weighted by atomic mass is 35.5. The quantitative estimate of drug-likeness (QED) is 0.883. The molecule has 1 aliphatic carbocycles. The smallest absolute Gasteiger partial charge is 0.311 e. The summed E-state index contributed by atoms with van der Waals surface area (Å²) < 4.78 is 0. The van der Waals surface area contributed by atoms with Gasteiger partial charge in [-0.25, -0.2) is 0 Å². The summed E-state index contributed by atoms with van der Waals surface area (Å²) in [6.45, 7) is 0. The van der Waals surface area contributed by atoms with E-state index in [1.54, 1.807) is 18.2 Å². The fourth-order valence-corrected chi connectivity index (χ4v) is 2.30. The Morgan fingerprint density at radius 1 is 1.40 bits per heavy atom. The zero-order valence-corrected chi connectivity index (χ0v) is 9.42. The van der Waals surface area contributed by atoms with Crippen LogP contribution in [0.25, 0.3) is 0 Å². The molecule has 0 aromatic heterocycles. The maximum atomic E-state index is 11.1. The molecule has 1 atom stereocenters. The minimum absolute atomic E-state index is 0.237. The van der Waals surface area contributed by atoms with Gasteiger partial charge >= 0.3 is 5.97 Å². The highest BCUT2D eigenvalue weighted by Crippen LogP contribution is 2.44. The van der Waals surface area contributed by atoms with Crippen LogP contribution >= 0.6 is 23.2 Å². The van der Waals surface area contributed by atoms with Crippen LogP contribution in [0.2, 0.25) is 10.0 Å². The molecule has 1 aromatic rings. The first-order chi connectivity index (χ1) is 7.09. The molecule has 1 aliphatic rings. The Labute approximate surface area is 97.8 Å². The van der Waals surface area contributed by atoms with Gasteiger partial charge in [0.15, 0.2) is 0 Å². The monoisotopic (exact) mass is 244 g/mol. The van der Waals surface area contributed by atoms with E-state index in [-0.39, 0.29) is 5.92 Å². The van der Waals surface area contributed by atoms with Crippen LogP contribution in [0.3, 0.4) is 0 Å². The Hall–Kier alpha value is -0.730. The van der Waals surface area contributed by atoms with Gasteiger partial charge in [-0.1, -0.05) is 29.3 Å². The fraction of sp³-hybridized carbons (Fsp3) is 0.364. The van der Waals surface area contributed by atoms with Gasteiger partial charge in [0.25, 0.3) is 0 Å². The maximum Gasteiger partial charge on any atom is 0.311 e. The lowest BCUT2D eigenvalue weighted by Gasteiger charge is -2.13. The summed E-state index contributed by atoms with van der Waals surface area (Å²) in [5, 5.41) is 10.1. The first-order valence-corrected chi connectivity index (χ1v) is 5.53. The molecule has 1 saturated carbocycles. The van der Waals surface area contributed by atoms with Gasteiger partial charge in [-0.05, 0) is 36.5 Å². The van der Waals surface area contributed by atoms with E-state index in [0.717, 1.165) is 12.8 Å². The molecule has 0 saturated heterocycles. The van der Waals surface area contributed by atoms with Gasteiger partial charge in [-0.15, -0.1) is 0 Å². The van der Waals surface area contributed by atoms with Crippen LogP contribution in [0, 0.1) is 5.92 Å². The Kier molecular flexibility index (Phi) is 2.89. The number of carboxylic acid groups (broad SMARTS) is 1. The lowest BCUT2D eigenvalue weighted by molar-refractivity contribution is -0.139. The number of halogens is 2. The van der Waals surface area contributed by atoms with E-state index >= 15 is 0 Å². The molecule has 4 heteroatoms. The molecule has 80 valence electrons. The molecule has 15 heavy (non-hydrogen) atoms. The van der Waals surface area contributed by atoms with Crippen molar-refractivity contribution >= 4 is 29.2 Å². The number of aliphatic carboxylic acids is 1. The minimum atomic E-state index is -0.804. The predicted octanol–water partition coefficient (Wildman–Crippen LogP) is 3.57. The van der Waals surface area contributed by atoms with E-state index in [0.29, 0.717) is 15.6 Å². The van der Waals surface area contributed by atoms with Crippen LogP contribution in [-0.2, 0) is 4.79 Å². The van der Waals surface area contributed by atoms with Gasteiger partial charge in [-0.2, -0.15) is 0 Å². The fourth-order valence-electron chi connectivity index (χ4n) is 1.77. The third-order valence-electron chi connectivity index (χ3n) is 2.66. The average molecular weight is 245 g/mol. The second-order valence-corrected chi connectivity index (χ2v) is 4.66. The van der Waals surface area contributed by atoms with Gasteiger partial charge in [0.1, 0.15) is 0 Å². The Morgan fingerprint density at radius 2 is 2.07 bits per heavy atom. The molecule has 0 radical (unpaired) electrons. The van der Waals surface area contributed by atoms with Crippen LogP contribution in [0.1, 0.15) is 24.3 Å². The van der Waals surface area contributed by atoms with Gasteiger partial charge in [0.2, 0.25) is 0 Å². The predicted molar refractivity (Wildman–Crippen MR) is 59.6 cm³/mol. The summed E-state index contributed by atoms with van der Waals surface area (Å²) in [6, 6.07) is 4.99. The summed E-state index contributed by atoms with van der Waals surface area (Å²) >= 11 is 11.8. The zero-order chi connectivity index (χ0) is 11.0. The van der Waals surface area contributed by atoms with Crippen LogP contribution < -0.4 is 0 Å². The van der Waals surface area contributed by atoms with Crippen molar-refractivity contribution in [3.05, 3.63) is 33.8 Å². The van der Waals surface area contributed by atoms with Crippen LogP contribution in [0.4, 0.5) is 0 Å². The number of rotatable bonds is 3. The molecule has 2 rings (SSSR count).